The molecule has 22 heavy (non-hydrogen) atoms. The normalized spacial score (nSPS) is 15.9. The van der Waals surface area contributed by atoms with Crippen LogP contribution in [0.4, 0.5) is 5.69 Å². The summed E-state index contributed by atoms with van der Waals surface area (Å²) in [6, 6.07) is 6.47. The number of aryl methyl sites for hydroxylation is 1. The molecular weight excluding hydrogens is 276 g/mol. The lowest BCUT2D eigenvalue weighted by Gasteiger charge is -2.36. The second kappa shape index (κ2) is 8.18. The first-order valence-corrected chi connectivity index (χ1v) is 8.31. The van der Waals surface area contributed by atoms with Gasteiger partial charge in [-0.1, -0.05) is 25.5 Å². The van der Waals surface area contributed by atoms with Crippen LogP contribution in [0.1, 0.15) is 30.9 Å². The molecule has 0 N–H and O–H groups in total. The summed E-state index contributed by atoms with van der Waals surface area (Å²) in [5.41, 5.74) is 4.01. The first kappa shape index (κ1) is 16.8. The van der Waals surface area contributed by atoms with E-state index in [4.69, 9.17) is 4.74 Å². The number of carbonyl (C=O) groups excluding carboxylic acids is 1. The van der Waals surface area contributed by atoms with Gasteiger partial charge >= 0.3 is 5.97 Å². The molecule has 1 aliphatic heterocycles. The van der Waals surface area contributed by atoms with E-state index in [1.807, 2.05) is 0 Å². The van der Waals surface area contributed by atoms with Crippen LogP contribution in [0.15, 0.2) is 18.2 Å². The van der Waals surface area contributed by atoms with E-state index in [0.717, 1.165) is 39.0 Å². The molecule has 1 aliphatic rings. The summed E-state index contributed by atoms with van der Waals surface area (Å²) in [5, 5.41) is 0. The Morgan fingerprint density at radius 2 is 1.91 bits per heavy atom. The number of esters is 1. The van der Waals surface area contributed by atoms with E-state index in [9.17, 15) is 4.79 Å². The molecule has 0 spiro atoms. The minimum atomic E-state index is -0.0892. The van der Waals surface area contributed by atoms with Gasteiger partial charge in [0, 0.05) is 31.9 Å². The SMILES string of the molecule is CCCCOC(=O)CN1CCN(c2cccc(C)c2C)CC1. The van der Waals surface area contributed by atoms with E-state index < -0.39 is 0 Å². The number of rotatable bonds is 6. The molecule has 4 heteroatoms. The van der Waals surface area contributed by atoms with Crippen molar-refractivity contribution < 1.29 is 9.53 Å². The van der Waals surface area contributed by atoms with E-state index in [2.05, 4.69) is 48.8 Å². The summed E-state index contributed by atoms with van der Waals surface area (Å²) in [6.07, 6.45) is 2.01. The molecule has 0 bridgehead atoms. The lowest BCUT2D eigenvalue weighted by molar-refractivity contribution is -0.145. The lowest BCUT2D eigenvalue weighted by Crippen LogP contribution is -2.48. The Labute approximate surface area is 134 Å². The highest BCUT2D eigenvalue weighted by Gasteiger charge is 2.20. The minimum absolute atomic E-state index is 0.0892. The highest BCUT2D eigenvalue weighted by molar-refractivity contribution is 5.71. The highest BCUT2D eigenvalue weighted by atomic mass is 16.5. The van der Waals surface area contributed by atoms with Crippen molar-refractivity contribution in [1.82, 2.24) is 4.90 Å². The molecule has 1 aromatic carbocycles. The van der Waals surface area contributed by atoms with Gasteiger partial charge in [-0.3, -0.25) is 9.69 Å². The molecule has 122 valence electrons. The van der Waals surface area contributed by atoms with Crippen LogP contribution < -0.4 is 4.90 Å². The van der Waals surface area contributed by atoms with Gasteiger partial charge in [-0.05, 0) is 37.5 Å². The topological polar surface area (TPSA) is 32.8 Å². The van der Waals surface area contributed by atoms with Crippen LogP contribution in [-0.4, -0.2) is 50.2 Å². The Kier molecular flexibility index (Phi) is 6.25. The van der Waals surface area contributed by atoms with E-state index in [0.29, 0.717) is 13.2 Å². The van der Waals surface area contributed by atoms with Gasteiger partial charge in [0.25, 0.3) is 0 Å². The third-order valence-electron chi connectivity index (χ3n) is 4.40. The Morgan fingerprint density at radius 3 is 2.59 bits per heavy atom. The fraction of sp³-hybridized carbons (Fsp3) is 0.611. The van der Waals surface area contributed by atoms with E-state index in [-0.39, 0.29) is 5.97 Å². The largest absolute Gasteiger partial charge is 0.465 e. The predicted octanol–water partition coefficient (Wildman–Crippen LogP) is 2.77. The van der Waals surface area contributed by atoms with Crippen molar-refractivity contribution in [1.29, 1.82) is 0 Å². The Morgan fingerprint density at radius 1 is 1.18 bits per heavy atom. The number of unbranched alkanes of at least 4 members (excludes halogenated alkanes) is 1. The van der Waals surface area contributed by atoms with Gasteiger partial charge in [0.1, 0.15) is 0 Å². The predicted molar refractivity (Wildman–Crippen MR) is 90.4 cm³/mol. The summed E-state index contributed by atoms with van der Waals surface area (Å²) in [5.74, 6) is -0.0892. The van der Waals surface area contributed by atoms with E-state index >= 15 is 0 Å². The third kappa shape index (κ3) is 4.47. The number of piperazine rings is 1. The smallest absolute Gasteiger partial charge is 0.320 e. The van der Waals surface area contributed by atoms with Crippen molar-refractivity contribution >= 4 is 11.7 Å². The van der Waals surface area contributed by atoms with Crippen molar-refractivity contribution in [3.05, 3.63) is 29.3 Å². The molecule has 2 rings (SSSR count). The van der Waals surface area contributed by atoms with Crippen LogP contribution in [0.3, 0.4) is 0 Å². The monoisotopic (exact) mass is 304 g/mol. The number of hydrogen-bond donors (Lipinski definition) is 0. The van der Waals surface area contributed by atoms with Crippen molar-refractivity contribution in [2.24, 2.45) is 0 Å². The lowest BCUT2D eigenvalue weighted by atomic mass is 10.1. The fourth-order valence-electron chi connectivity index (χ4n) is 2.78. The zero-order valence-corrected chi connectivity index (χ0v) is 14.1. The van der Waals surface area contributed by atoms with Gasteiger partial charge in [0.15, 0.2) is 0 Å². The van der Waals surface area contributed by atoms with Crippen molar-refractivity contribution in [2.45, 2.75) is 33.6 Å². The van der Waals surface area contributed by atoms with Gasteiger partial charge in [-0.15, -0.1) is 0 Å². The second-order valence-corrected chi connectivity index (χ2v) is 6.06. The van der Waals surface area contributed by atoms with E-state index in [1.165, 1.54) is 16.8 Å². The summed E-state index contributed by atoms with van der Waals surface area (Å²) >= 11 is 0. The molecular formula is C18H28N2O2. The maximum absolute atomic E-state index is 11.8. The number of nitrogens with zero attached hydrogens (tertiary/aromatic N) is 2. The zero-order chi connectivity index (χ0) is 15.9. The molecule has 1 heterocycles. The first-order chi connectivity index (χ1) is 10.6. The molecule has 1 aromatic rings. The molecule has 0 aliphatic carbocycles. The zero-order valence-electron chi connectivity index (χ0n) is 14.1. The van der Waals surface area contributed by atoms with Crippen LogP contribution in [-0.2, 0) is 9.53 Å². The molecule has 1 fully saturated rings. The minimum Gasteiger partial charge on any atom is -0.465 e. The maximum Gasteiger partial charge on any atom is 0.320 e. The molecule has 0 saturated carbocycles. The molecule has 0 aromatic heterocycles. The van der Waals surface area contributed by atoms with Crippen molar-refractivity contribution in [2.75, 3.05) is 44.2 Å². The third-order valence-corrected chi connectivity index (χ3v) is 4.40. The number of ether oxygens (including phenoxy) is 1. The molecule has 0 unspecified atom stereocenters. The quantitative estimate of drug-likeness (QED) is 0.597. The summed E-state index contributed by atoms with van der Waals surface area (Å²) < 4.78 is 5.24. The summed E-state index contributed by atoms with van der Waals surface area (Å²) in [4.78, 5) is 16.4. The van der Waals surface area contributed by atoms with Crippen LogP contribution in [0.5, 0.6) is 0 Å². The standard InChI is InChI=1S/C18H28N2O2/c1-4-5-13-22-18(21)14-19-9-11-20(12-10-19)17-8-6-7-15(2)16(17)3/h6-8H,4-5,9-14H2,1-3H3. The van der Waals surface area contributed by atoms with Crippen LogP contribution in [0, 0.1) is 13.8 Å². The molecule has 0 amide bonds. The van der Waals surface area contributed by atoms with Gasteiger partial charge in [-0.25, -0.2) is 0 Å². The molecule has 0 radical (unpaired) electrons. The Hall–Kier alpha value is -1.55. The Bertz CT molecular complexity index is 494. The van der Waals surface area contributed by atoms with Crippen LogP contribution in [0.2, 0.25) is 0 Å². The number of hydrogen-bond acceptors (Lipinski definition) is 4. The van der Waals surface area contributed by atoms with Crippen LogP contribution in [0.25, 0.3) is 0 Å². The highest BCUT2D eigenvalue weighted by Crippen LogP contribution is 2.23. The Balaban J connectivity index is 1.80. The first-order valence-electron chi connectivity index (χ1n) is 8.31. The second-order valence-electron chi connectivity index (χ2n) is 6.06. The van der Waals surface area contributed by atoms with Gasteiger partial charge < -0.3 is 9.64 Å². The average Bonchev–Trinajstić information content (AvgIpc) is 2.51. The molecule has 4 nitrogen and oxygen atoms in total. The van der Waals surface area contributed by atoms with Crippen molar-refractivity contribution in [3.63, 3.8) is 0 Å². The van der Waals surface area contributed by atoms with E-state index in [1.54, 1.807) is 0 Å². The average molecular weight is 304 g/mol. The summed E-state index contributed by atoms with van der Waals surface area (Å²) in [6.45, 7) is 11.2. The number of carbonyl (C=O) groups is 1. The van der Waals surface area contributed by atoms with Crippen molar-refractivity contribution in [3.8, 4) is 0 Å². The van der Waals surface area contributed by atoms with Crippen LogP contribution >= 0.6 is 0 Å². The number of benzene rings is 1. The summed E-state index contributed by atoms with van der Waals surface area (Å²) in [7, 11) is 0. The van der Waals surface area contributed by atoms with Gasteiger partial charge in [0.2, 0.25) is 0 Å². The molecule has 0 atom stereocenters. The maximum atomic E-state index is 11.8. The number of anilines is 1. The fourth-order valence-corrected chi connectivity index (χ4v) is 2.78. The molecule has 1 saturated heterocycles. The van der Waals surface area contributed by atoms with Gasteiger partial charge in [0.05, 0.1) is 13.2 Å². The van der Waals surface area contributed by atoms with Gasteiger partial charge in [-0.2, -0.15) is 0 Å².